The van der Waals surface area contributed by atoms with Gasteiger partial charge in [-0.3, -0.25) is 0 Å². The fourth-order valence-electron chi connectivity index (χ4n) is 1.28. The lowest BCUT2D eigenvalue weighted by Crippen LogP contribution is -1.92. The molecule has 2 aromatic rings. The quantitative estimate of drug-likeness (QED) is 0.850. The number of nitrogens with zero attached hydrogens (tertiary/aromatic N) is 2. The van der Waals surface area contributed by atoms with Crippen molar-refractivity contribution >= 4 is 17.5 Å². The van der Waals surface area contributed by atoms with Crippen LogP contribution in [0.5, 0.6) is 0 Å². The smallest absolute Gasteiger partial charge is 0.167 e. The van der Waals surface area contributed by atoms with Gasteiger partial charge in [0, 0.05) is 12.6 Å². The van der Waals surface area contributed by atoms with Crippen molar-refractivity contribution in [1.29, 1.82) is 0 Å². The van der Waals surface area contributed by atoms with E-state index in [1.165, 1.54) is 6.07 Å². The van der Waals surface area contributed by atoms with Crippen molar-refractivity contribution in [3.05, 3.63) is 29.6 Å². The second-order valence-electron chi connectivity index (χ2n) is 3.18. The van der Waals surface area contributed by atoms with E-state index in [2.05, 4.69) is 14.1 Å². The summed E-state index contributed by atoms with van der Waals surface area (Å²) < 4.78 is 21.5. The van der Waals surface area contributed by atoms with Crippen LogP contribution in [0.1, 0.15) is 5.56 Å². The first-order valence-electron chi connectivity index (χ1n) is 4.49. The number of aromatic nitrogens is 2. The molecule has 15 heavy (non-hydrogen) atoms. The Bertz CT molecular complexity index is 481. The fourth-order valence-corrected chi connectivity index (χ4v) is 1.86. The first-order valence-corrected chi connectivity index (χ1v) is 5.22. The lowest BCUT2D eigenvalue weighted by Gasteiger charge is -2.02. The van der Waals surface area contributed by atoms with Crippen molar-refractivity contribution in [1.82, 2.24) is 8.75 Å². The molecule has 0 amide bonds. The molecule has 0 aliphatic carbocycles. The highest BCUT2D eigenvalue weighted by atomic mass is 32.1. The number of anilines is 1. The third-order valence-electron chi connectivity index (χ3n) is 2.17. The Morgan fingerprint density at radius 1 is 1.33 bits per heavy atom. The van der Waals surface area contributed by atoms with Gasteiger partial charge in [0.25, 0.3) is 0 Å². The van der Waals surface area contributed by atoms with Gasteiger partial charge >= 0.3 is 0 Å². The van der Waals surface area contributed by atoms with Crippen LogP contribution in [0.25, 0.3) is 11.3 Å². The predicted molar refractivity (Wildman–Crippen MR) is 59.6 cm³/mol. The van der Waals surface area contributed by atoms with E-state index in [0.717, 1.165) is 17.3 Å². The number of hydrogen-bond donors (Lipinski definition) is 1. The highest BCUT2D eigenvalue weighted by Crippen LogP contribution is 2.26. The summed E-state index contributed by atoms with van der Waals surface area (Å²) in [6.07, 6.45) is 0. The molecule has 0 spiro atoms. The molecule has 5 heteroatoms. The van der Waals surface area contributed by atoms with Crippen LogP contribution in [-0.4, -0.2) is 15.8 Å². The molecular formula is C10H10FN3S. The molecule has 78 valence electrons. The van der Waals surface area contributed by atoms with Crippen LogP contribution in [0.2, 0.25) is 0 Å². The Morgan fingerprint density at radius 2 is 2.13 bits per heavy atom. The van der Waals surface area contributed by atoms with Gasteiger partial charge in [0.05, 0.1) is 11.7 Å². The van der Waals surface area contributed by atoms with Gasteiger partial charge in [-0.25, -0.2) is 4.39 Å². The predicted octanol–water partition coefficient (Wildman–Crippen LogP) is 2.69. The average Bonchev–Trinajstić information content (AvgIpc) is 2.70. The Morgan fingerprint density at radius 3 is 2.80 bits per heavy atom. The Labute approximate surface area is 91.3 Å². The van der Waals surface area contributed by atoms with E-state index in [4.69, 9.17) is 0 Å². The molecule has 3 nitrogen and oxygen atoms in total. The van der Waals surface area contributed by atoms with E-state index in [1.807, 2.05) is 6.07 Å². The Kier molecular flexibility index (Phi) is 2.64. The third kappa shape index (κ3) is 1.83. The van der Waals surface area contributed by atoms with Gasteiger partial charge in [-0.2, -0.15) is 8.75 Å². The van der Waals surface area contributed by atoms with Crippen LogP contribution in [0, 0.1) is 12.7 Å². The van der Waals surface area contributed by atoms with E-state index in [-0.39, 0.29) is 5.82 Å². The summed E-state index contributed by atoms with van der Waals surface area (Å²) in [4.78, 5) is 0. The van der Waals surface area contributed by atoms with Crippen molar-refractivity contribution in [3.63, 3.8) is 0 Å². The van der Waals surface area contributed by atoms with Crippen molar-refractivity contribution < 1.29 is 4.39 Å². The van der Waals surface area contributed by atoms with Crippen LogP contribution >= 0.6 is 11.7 Å². The van der Waals surface area contributed by atoms with Gasteiger partial charge in [-0.05, 0) is 18.6 Å². The van der Waals surface area contributed by atoms with E-state index in [9.17, 15) is 4.39 Å². The number of halogens is 1. The van der Waals surface area contributed by atoms with E-state index < -0.39 is 0 Å². The molecule has 1 N–H and O–H groups in total. The zero-order chi connectivity index (χ0) is 10.8. The fraction of sp³-hybridized carbons (Fsp3) is 0.200. The topological polar surface area (TPSA) is 37.8 Å². The third-order valence-corrected chi connectivity index (χ3v) is 2.70. The van der Waals surface area contributed by atoms with Crippen molar-refractivity contribution in [3.8, 4) is 11.3 Å². The first kappa shape index (κ1) is 10.0. The Balaban J connectivity index is 2.50. The summed E-state index contributed by atoms with van der Waals surface area (Å²) in [6.45, 7) is 1.73. The number of benzene rings is 1. The van der Waals surface area contributed by atoms with Crippen LogP contribution in [-0.2, 0) is 0 Å². The highest BCUT2D eigenvalue weighted by Gasteiger charge is 2.10. The molecule has 0 saturated carbocycles. The number of nitrogens with one attached hydrogen (secondary N) is 1. The molecule has 0 fully saturated rings. The van der Waals surface area contributed by atoms with E-state index in [0.29, 0.717) is 17.1 Å². The second kappa shape index (κ2) is 3.94. The minimum absolute atomic E-state index is 0.220. The molecule has 0 aliphatic rings. The average molecular weight is 223 g/mol. The maximum atomic E-state index is 13.3. The molecule has 1 heterocycles. The zero-order valence-corrected chi connectivity index (χ0v) is 9.23. The maximum absolute atomic E-state index is 13.3. The normalized spacial score (nSPS) is 10.3. The molecule has 0 aliphatic heterocycles. The van der Waals surface area contributed by atoms with Crippen LogP contribution in [0.15, 0.2) is 18.2 Å². The number of hydrogen-bond acceptors (Lipinski definition) is 4. The van der Waals surface area contributed by atoms with Gasteiger partial charge in [0.15, 0.2) is 5.82 Å². The minimum Gasteiger partial charge on any atom is -0.370 e. The summed E-state index contributed by atoms with van der Waals surface area (Å²) in [5.41, 5.74) is 2.07. The molecule has 0 unspecified atom stereocenters. The van der Waals surface area contributed by atoms with E-state index in [1.54, 1.807) is 20.0 Å². The first-order chi connectivity index (χ1) is 7.22. The summed E-state index contributed by atoms with van der Waals surface area (Å²) in [5, 5.41) is 2.92. The second-order valence-corrected chi connectivity index (χ2v) is 3.70. The summed E-state index contributed by atoms with van der Waals surface area (Å²) in [6, 6.07) is 5.06. The molecule has 0 radical (unpaired) electrons. The van der Waals surface area contributed by atoms with Crippen LogP contribution in [0.4, 0.5) is 10.2 Å². The standard InChI is InChI=1S/C10H10FN3S/c1-6-3-4-7(5-8(6)11)9-10(12-2)14-15-13-9/h3-5H,1-2H3,(H,12,14). The molecule has 0 bridgehead atoms. The van der Waals surface area contributed by atoms with Gasteiger partial charge < -0.3 is 5.32 Å². The van der Waals surface area contributed by atoms with Crippen LogP contribution in [0.3, 0.4) is 0 Å². The molecule has 1 aromatic heterocycles. The highest BCUT2D eigenvalue weighted by molar-refractivity contribution is 6.99. The lowest BCUT2D eigenvalue weighted by molar-refractivity contribution is 0.619. The molecular weight excluding hydrogens is 213 g/mol. The van der Waals surface area contributed by atoms with Gasteiger partial charge in [0.1, 0.15) is 11.5 Å². The molecule has 1 aromatic carbocycles. The number of rotatable bonds is 2. The van der Waals surface area contributed by atoms with E-state index >= 15 is 0 Å². The lowest BCUT2D eigenvalue weighted by atomic mass is 10.1. The van der Waals surface area contributed by atoms with Crippen molar-refractivity contribution in [2.24, 2.45) is 0 Å². The van der Waals surface area contributed by atoms with Crippen molar-refractivity contribution in [2.75, 3.05) is 12.4 Å². The molecule has 2 rings (SSSR count). The maximum Gasteiger partial charge on any atom is 0.167 e. The monoisotopic (exact) mass is 223 g/mol. The summed E-state index contributed by atoms with van der Waals surface area (Å²) in [7, 11) is 1.77. The minimum atomic E-state index is -0.220. The SMILES string of the molecule is CNc1nsnc1-c1ccc(C)c(F)c1. The van der Waals surface area contributed by atoms with Crippen LogP contribution < -0.4 is 5.32 Å². The van der Waals surface area contributed by atoms with Gasteiger partial charge in [0.2, 0.25) is 0 Å². The van der Waals surface area contributed by atoms with Gasteiger partial charge in [-0.15, -0.1) is 0 Å². The summed E-state index contributed by atoms with van der Waals surface area (Å²) in [5.74, 6) is 0.464. The van der Waals surface area contributed by atoms with Gasteiger partial charge in [-0.1, -0.05) is 12.1 Å². The largest absolute Gasteiger partial charge is 0.370 e. The summed E-state index contributed by atoms with van der Waals surface area (Å²) >= 11 is 1.11. The molecule has 0 atom stereocenters. The number of aryl methyl sites for hydroxylation is 1. The zero-order valence-electron chi connectivity index (χ0n) is 8.41. The molecule has 0 saturated heterocycles. The Hall–Kier alpha value is -1.49. The van der Waals surface area contributed by atoms with Crippen molar-refractivity contribution in [2.45, 2.75) is 6.92 Å².